The van der Waals surface area contributed by atoms with Gasteiger partial charge in [-0.1, -0.05) is 0 Å². The quantitative estimate of drug-likeness (QED) is 0.630. The van der Waals surface area contributed by atoms with Crippen molar-refractivity contribution in [1.29, 1.82) is 0 Å². The molecule has 3 heterocycles. The molecule has 3 fully saturated rings. The van der Waals surface area contributed by atoms with Gasteiger partial charge in [0.15, 0.2) is 0 Å². The van der Waals surface area contributed by atoms with Crippen molar-refractivity contribution in [2.24, 2.45) is 5.41 Å². The Morgan fingerprint density at radius 1 is 1.18 bits per heavy atom. The van der Waals surface area contributed by atoms with Crippen LogP contribution in [0.2, 0.25) is 0 Å². The molecular weight excluding hydrogens is 370 g/mol. The highest BCUT2D eigenvalue weighted by Crippen LogP contribution is 2.42. The molecule has 4 rings (SSSR count). The molecule has 1 aromatic rings. The average Bonchev–Trinajstić information content (AvgIpc) is 3.06. The molecular formula is C20H22F2N2O4. The van der Waals surface area contributed by atoms with Crippen molar-refractivity contribution >= 4 is 23.8 Å². The second-order valence-corrected chi connectivity index (χ2v) is 8.00. The predicted octanol–water partition coefficient (Wildman–Crippen LogP) is 2.06. The summed E-state index contributed by atoms with van der Waals surface area (Å²) in [7, 11) is 0. The van der Waals surface area contributed by atoms with Gasteiger partial charge in [-0.15, -0.1) is 0 Å². The highest BCUT2D eigenvalue weighted by Gasteiger charge is 2.42. The molecule has 2 amide bonds. The molecule has 0 aliphatic carbocycles. The van der Waals surface area contributed by atoms with Crippen molar-refractivity contribution in [3.63, 3.8) is 0 Å². The number of amides is 2. The lowest BCUT2D eigenvalue weighted by atomic mass is 9.76. The van der Waals surface area contributed by atoms with Crippen LogP contribution in [0.1, 0.15) is 43.6 Å². The van der Waals surface area contributed by atoms with Crippen LogP contribution in [0, 0.1) is 17.0 Å². The van der Waals surface area contributed by atoms with Gasteiger partial charge in [0.2, 0.25) is 11.8 Å². The van der Waals surface area contributed by atoms with Crippen molar-refractivity contribution < 1.29 is 27.9 Å². The number of hydrogen-bond donors (Lipinski definition) is 1. The summed E-state index contributed by atoms with van der Waals surface area (Å²) >= 11 is 0. The van der Waals surface area contributed by atoms with E-state index in [9.17, 15) is 23.2 Å². The topological polar surface area (TPSA) is 75.7 Å². The molecule has 2 atom stereocenters. The molecule has 8 heteroatoms. The molecule has 150 valence electrons. The summed E-state index contributed by atoms with van der Waals surface area (Å²) < 4.78 is 35.0. The van der Waals surface area contributed by atoms with Crippen LogP contribution < -0.4 is 10.2 Å². The number of aldehydes is 1. The number of ether oxygens (including phenoxy) is 1. The fraction of sp³-hybridized carbons (Fsp3) is 0.550. The van der Waals surface area contributed by atoms with E-state index in [1.54, 1.807) is 0 Å². The first-order valence-electron chi connectivity index (χ1n) is 9.55. The first-order chi connectivity index (χ1) is 13.4. The smallest absolute Gasteiger partial charge is 0.234 e. The summed E-state index contributed by atoms with van der Waals surface area (Å²) in [5, 5.41) is 2.14. The highest BCUT2D eigenvalue weighted by atomic mass is 19.1. The van der Waals surface area contributed by atoms with Gasteiger partial charge < -0.3 is 14.4 Å². The van der Waals surface area contributed by atoms with Crippen molar-refractivity contribution in [3.8, 4) is 0 Å². The minimum Gasteiger partial charge on any atom is -0.371 e. The number of nitrogens with one attached hydrogen (secondary N) is 1. The number of imide groups is 1. The molecule has 1 N–H and O–H groups in total. The van der Waals surface area contributed by atoms with E-state index in [0.29, 0.717) is 31.8 Å². The number of benzene rings is 1. The standard InChI is InChI=1S/C20H22F2N2O4/c21-15-7-12(8-16(22)18(15)14-1-2-17(26)23-19(14)27)24-5-3-20(4-6-24)9-13(10-25)28-11-20/h7-8,10,13-14H,1-6,9,11H2,(H,23,26,27). The van der Waals surface area contributed by atoms with Crippen molar-refractivity contribution in [3.05, 3.63) is 29.3 Å². The first-order valence-corrected chi connectivity index (χ1v) is 9.55. The van der Waals surface area contributed by atoms with Crippen LogP contribution in [0.4, 0.5) is 14.5 Å². The summed E-state index contributed by atoms with van der Waals surface area (Å²) in [6.07, 6.45) is 2.91. The van der Waals surface area contributed by atoms with Crippen molar-refractivity contribution in [1.82, 2.24) is 5.32 Å². The van der Waals surface area contributed by atoms with Gasteiger partial charge in [0.25, 0.3) is 0 Å². The summed E-state index contributed by atoms with van der Waals surface area (Å²) in [5.74, 6) is -3.61. The number of anilines is 1. The van der Waals surface area contributed by atoms with E-state index < -0.39 is 29.4 Å². The first kappa shape index (κ1) is 19.0. The van der Waals surface area contributed by atoms with E-state index in [-0.39, 0.29) is 29.9 Å². The lowest BCUT2D eigenvalue weighted by Gasteiger charge is -2.39. The summed E-state index contributed by atoms with van der Waals surface area (Å²) in [5.41, 5.74) is 0.123. The summed E-state index contributed by atoms with van der Waals surface area (Å²) in [6.45, 7) is 1.78. The third-order valence-electron chi connectivity index (χ3n) is 6.23. The molecule has 28 heavy (non-hydrogen) atoms. The van der Waals surface area contributed by atoms with E-state index in [4.69, 9.17) is 4.74 Å². The van der Waals surface area contributed by atoms with Gasteiger partial charge in [-0.25, -0.2) is 8.78 Å². The third kappa shape index (κ3) is 3.41. The van der Waals surface area contributed by atoms with Gasteiger partial charge in [-0.05, 0) is 37.8 Å². The Morgan fingerprint density at radius 3 is 2.43 bits per heavy atom. The normalized spacial score (nSPS) is 27.1. The van der Waals surface area contributed by atoms with Crippen LogP contribution >= 0.6 is 0 Å². The van der Waals surface area contributed by atoms with Gasteiger partial charge in [0, 0.05) is 36.2 Å². The third-order valence-corrected chi connectivity index (χ3v) is 6.23. The van der Waals surface area contributed by atoms with E-state index >= 15 is 0 Å². The maximum Gasteiger partial charge on any atom is 0.234 e. The second kappa shape index (κ2) is 7.24. The number of carbonyl (C=O) groups excluding carboxylic acids is 3. The van der Waals surface area contributed by atoms with Gasteiger partial charge in [0.05, 0.1) is 12.5 Å². The number of nitrogens with zero attached hydrogens (tertiary/aromatic N) is 1. The van der Waals surface area contributed by atoms with Crippen molar-refractivity contribution in [2.75, 3.05) is 24.6 Å². The molecule has 2 unspecified atom stereocenters. The Morgan fingerprint density at radius 2 is 1.86 bits per heavy atom. The molecule has 6 nitrogen and oxygen atoms in total. The fourth-order valence-corrected chi connectivity index (χ4v) is 4.56. The van der Waals surface area contributed by atoms with Crippen LogP contribution in [-0.4, -0.2) is 43.9 Å². The minimum absolute atomic E-state index is 0.0359. The summed E-state index contributed by atoms with van der Waals surface area (Å²) in [6, 6.07) is 2.53. The van der Waals surface area contributed by atoms with Gasteiger partial charge >= 0.3 is 0 Å². The SMILES string of the molecule is O=CC1CC2(CCN(c3cc(F)c(C4CCC(=O)NC4=O)c(F)c3)CC2)CO1. The molecule has 0 radical (unpaired) electrons. The Balaban J connectivity index is 1.49. The molecule has 0 bridgehead atoms. The van der Waals surface area contributed by atoms with Crippen LogP contribution in [0.5, 0.6) is 0 Å². The van der Waals surface area contributed by atoms with E-state index in [0.717, 1.165) is 19.1 Å². The highest BCUT2D eigenvalue weighted by molar-refractivity contribution is 6.01. The molecule has 1 spiro atoms. The van der Waals surface area contributed by atoms with Crippen LogP contribution in [0.25, 0.3) is 0 Å². The lowest BCUT2D eigenvalue weighted by Crippen LogP contribution is -2.41. The zero-order valence-corrected chi connectivity index (χ0v) is 15.4. The lowest BCUT2D eigenvalue weighted by molar-refractivity contribution is -0.134. The van der Waals surface area contributed by atoms with E-state index in [2.05, 4.69) is 5.32 Å². The Kier molecular flexibility index (Phi) is 4.91. The molecule has 0 aromatic heterocycles. The maximum atomic E-state index is 14.7. The number of halogens is 2. The molecule has 3 aliphatic rings. The number of carbonyl (C=O) groups is 3. The van der Waals surface area contributed by atoms with Gasteiger partial charge in [0.1, 0.15) is 24.0 Å². The average molecular weight is 392 g/mol. The molecule has 3 saturated heterocycles. The monoisotopic (exact) mass is 392 g/mol. The Hall–Kier alpha value is -2.35. The minimum atomic E-state index is -0.993. The second-order valence-electron chi connectivity index (χ2n) is 8.00. The Labute approximate surface area is 161 Å². The van der Waals surface area contributed by atoms with E-state index in [1.807, 2.05) is 4.90 Å². The molecule has 3 aliphatic heterocycles. The van der Waals surface area contributed by atoms with Gasteiger partial charge in [-0.3, -0.25) is 14.9 Å². The zero-order valence-electron chi connectivity index (χ0n) is 15.4. The zero-order chi connectivity index (χ0) is 19.9. The van der Waals surface area contributed by atoms with Crippen LogP contribution in [0.15, 0.2) is 12.1 Å². The predicted molar refractivity (Wildman–Crippen MR) is 95.8 cm³/mol. The summed E-state index contributed by atoms with van der Waals surface area (Å²) in [4.78, 5) is 36.1. The maximum absolute atomic E-state index is 14.7. The molecule has 0 saturated carbocycles. The van der Waals surface area contributed by atoms with E-state index in [1.165, 1.54) is 12.1 Å². The number of piperidine rings is 2. The van der Waals surface area contributed by atoms with Crippen LogP contribution in [0.3, 0.4) is 0 Å². The number of rotatable bonds is 3. The largest absolute Gasteiger partial charge is 0.371 e. The van der Waals surface area contributed by atoms with Crippen molar-refractivity contribution in [2.45, 2.75) is 44.1 Å². The fourth-order valence-electron chi connectivity index (χ4n) is 4.56. The van der Waals surface area contributed by atoms with Crippen LogP contribution in [-0.2, 0) is 19.1 Å². The molecule has 1 aromatic carbocycles. The number of hydrogen-bond acceptors (Lipinski definition) is 5. The van der Waals surface area contributed by atoms with Gasteiger partial charge in [-0.2, -0.15) is 0 Å². The Bertz CT molecular complexity index is 797.